The molecule has 0 aromatic heterocycles. The zero-order valence-electron chi connectivity index (χ0n) is 6.03. The van der Waals surface area contributed by atoms with Crippen LogP contribution in [0.1, 0.15) is 0 Å². The first kappa shape index (κ1) is 8.92. The van der Waals surface area contributed by atoms with Crippen LogP contribution in [0.15, 0.2) is 49.1 Å². The second-order valence-electron chi connectivity index (χ2n) is 1.67. The SMILES string of the molecule is C=C/C=C/C=C/C=C/CN. The molecular formula is C9H13N. The lowest BCUT2D eigenvalue weighted by atomic mass is 10.4. The van der Waals surface area contributed by atoms with E-state index in [0.29, 0.717) is 6.54 Å². The minimum atomic E-state index is 0.593. The van der Waals surface area contributed by atoms with Gasteiger partial charge in [-0.1, -0.05) is 49.1 Å². The molecule has 0 spiro atoms. The van der Waals surface area contributed by atoms with E-state index in [4.69, 9.17) is 5.73 Å². The summed E-state index contributed by atoms with van der Waals surface area (Å²) in [7, 11) is 0. The molecule has 0 aliphatic carbocycles. The highest BCUT2D eigenvalue weighted by molar-refractivity contribution is 5.14. The van der Waals surface area contributed by atoms with Crippen LogP contribution in [0, 0.1) is 0 Å². The molecule has 0 unspecified atom stereocenters. The van der Waals surface area contributed by atoms with Crippen molar-refractivity contribution in [3.63, 3.8) is 0 Å². The van der Waals surface area contributed by atoms with Gasteiger partial charge >= 0.3 is 0 Å². The third-order valence-electron chi connectivity index (χ3n) is 0.853. The van der Waals surface area contributed by atoms with Crippen molar-refractivity contribution >= 4 is 0 Å². The fourth-order valence-electron chi connectivity index (χ4n) is 0.428. The largest absolute Gasteiger partial charge is 0.327 e. The van der Waals surface area contributed by atoms with Gasteiger partial charge in [-0.3, -0.25) is 0 Å². The minimum Gasteiger partial charge on any atom is -0.327 e. The first-order valence-electron chi connectivity index (χ1n) is 3.22. The minimum absolute atomic E-state index is 0.593. The van der Waals surface area contributed by atoms with Crippen LogP contribution < -0.4 is 5.73 Å². The monoisotopic (exact) mass is 135 g/mol. The maximum absolute atomic E-state index is 5.21. The molecule has 1 nitrogen and oxygen atoms in total. The summed E-state index contributed by atoms with van der Waals surface area (Å²) in [5.74, 6) is 0. The molecule has 0 radical (unpaired) electrons. The Balaban J connectivity index is 3.46. The van der Waals surface area contributed by atoms with Gasteiger partial charge in [0.05, 0.1) is 0 Å². The molecule has 0 heterocycles. The molecule has 0 bridgehead atoms. The van der Waals surface area contributed by atoms with E-state index >= 15 is 0 Å². The lowest BCUT2D eigenvalue weighted by Gasteiger charge is -1.73. The smallest absolute Gasteiger partial charge is 0.0109 e. The molecule has 0 saturated carbocycles. The van der Waals surface area contributed by atoms with Crippen molar-refractivity contribution in [1.82, 2.24) is 0 Å². The molecule has 0 atom stereocenters. The van der Waals surface area contributed by atoms with E-state index in [1.165, 1.54) is 0 Å². The van der Waals surface area contributed by atoms with Gasteiger partial charge < -0.3 is 5.73 Å². The van der Waals surface area contributed by atoms with Crippen molar-refractivity contribution in [2.75, 3.05) is 6.54 Å². The van der Waals surface area contributed by atoms with Crippen molar-refractivity contribution in [3.05, 3.63) is 49.1 Å². The molecule has 0 aromatic carbocycles. The molecule has 0 fully saturated rings. The Kier molecular flexibility index (Phi) is 7.06. The summed E-state index contributed by atoms with van der Waals surface area (Å²) >= 11 is 0. The average molecular weight is 135 g/mol. The Morgan fingerprint density at radius 1 is 1.00 bits per heavy atom. The summed E-state index contributed by atoms with van der Waals surface area (Å²) in [6.07, 6.45) is 13.2. The summed E-state index contributed by atoms with van der Waals surface area (Å²) in [6.45, 7) is 4.13. The summed E-state index contributed by atoms with van der Waals surface area (Å²) in [4.78, 5) is 0. The van der Waals surface area contributed by atoms with Crippen molar-refractivity contribution in [2.45, 2.75) is 0 Å². The number of hydrogen-bond donors (Lipinski definition) is 1. The third kappa shape index (κ3) is 6.92. The number of hydrogen-bond acceptors (Lipinski definition) is 1. The van der Waals surface area contributed by atoms with Crippen molar-refractivity contribution < 1.29 is 0 Å². The molecule has 54 valence electrons. The topological polar surface area (TPSA) is 26.0 Å². The van der Waals surface area contributed by atoms with Crippen LogP contribution in [0.3, 0.4) is 0 Å². The van der Waals surface area contributed by atoms with Crippen LogP contribution in [0.4, 0.5) is 0 Å². The van der Waals surface area contributed by atoms with Gasteiger partial charge in [0.25, 0.3) is 0 Å². The number of allylic oxidation sites excluding steroid dienone is 6. The van der Waals surface area contributed by atoms with Crippen LogP contribution in [-0.2, 0) is 0 Å². The molecule has 0 rings (SSSR count). The second-order valence-corrected chi connectivity index (χ2v) is 1.67. The van der Waals surface area contributed by atoms with Gasteiger partial charge in [-0.2, -0.15) is 0 Å². The van der Waals surface area contributed by atoms with Gasteiger partial charge in [-0.15, -0.1) is 0 Å². The fourth-order valence-corrected chi connectivity index (χ4v) is 0.428. The Bertz CT molecular complexity index is 152. The maximum atomic E-state index is 5.21. The maximum Gasteiger partial charge on any atom is 0.0109 e. The average Bonchev–Trinajstić information content (AvgIpc) is 1.97. The first-order valence-corrected chi connectivity index (χ1v) is 3.22. The number of nitrogens with two attached hydrogens (primary N) is 1. The molecule has 0 aromatic rings. The van der Waals surface area contributed by atoms with Gasteiger partial charge in [-0.05, 0) is 0 Å². The highest BCUT2D eigenvalue weighted by atomic mass is 14.5. The predicted octanol–water partition coefficient (Wildman–Crippen LogP) is 1.80. The summed E-state index contributed by atoms with van der Waals surface area (Å²) < 4.78 is 0. The van der Waals surface area contributed by atoms with E-state index in [1.807, 2.05) is 36.5 Å². The van der Waals surface area contributed by atoms with Crippen LogP contribution in [0.25, 0.3) is 0 Å². The van der Waals surface area contributed by atoms with Crippen molar-refractivity contribution in [2.24, 2.45) is 5.73 Å². The molecule has 0 aliphatic rings. The molecule has 0 aliphatic heterocycles. The molecule has 10 heavy (non-hydrogen) atoms. The van der Waals surface area contributed by atoms with Crippen molar-refractivity contribution in [1.29, 1.82) is 0 Å². The van der Waals surface area contributed by atoms with E-state index in [9.17, 15) is 0 Å². The van der Waals surface area contributed by atoms with Gasteiger partial charge in [0.15, 0.2) is 0 Å². The number of rotatable bonds is 4. The third-order valence-corrected chi connectivity index (χ3v) is 0.853. The van der Waals surface area contributed by atoms with E-state index in [-0.39, 0.29) is 0 Å². The van der Waals surface area contributed by atoms with E-state index < -0.39 is 0 Å². The Morgan fingerprint density at radius 2 is 1.60 bits per heavy atom. The van der Waals surface area contributed by atoms with Crippen molar-refractivity contribution in [3.8, 4) is 0 Å². The standard InChI is InChI=1S/C9H13N/c1-2-3-4-5-6-7-8-9-10/h2-8H,1,9-10H2/b4-3+,6-5+,8-7+. The molecule has 0 saturated heterocycles. The Morgan fingerprint density at radius 3 is 2.20 bits per heavy atom. The molecule has 2 N–H and O–H groups in total. The molecule has 0 amide bonds. The van der Waals surface area contributed by atoms with E-state index in [2.05, 4.69) is 6.58 Å². The quantitative estimate of drug-likeness (QED) is 0.584. The van der Waals surface area contributed by atoms with Crippen LogP contribution >= 0.6 is 0 Å². The lowest BCUT2D eigenvalue weighted by molar-refractivity contribution is 1.25. The zero-order valence-corrected chi connectivity index (χ0v) is 6.03. The van der Waals surface area contributed by atoms with Gasteiger partial charge in [-0.25, -0.2) is 0 Å². The lowest BCUT2D eigenvalue weighted by Crippen LogP contribution is -1.91. The van der Waals surface area contributed by atoms with E-state index in [0.717, 1.165) is 0 Å². The normalized spacial score (nSPS) is 12.1. The summed E-state index contributed by atoms with van der Waals surface area (Å²) in [6, 6.07) is 0. The summed E-state index contributed by atoms with van der Waals surface area (Å²) in [5.41, 5.74) is 5.21. The zero-order chi connectivity index (χ0) is 7.66. The highest BCUT2D eigenvalue weighted by Gasteiger charge is 1.61. The van der Waals surface area contributed by atoms with E-state index in [1.54, 1.807) is 6.08 Å². The fraction of sp³-hybridized carbons (Fsp3) is 0.111. The molecular weight excluding hydrogens is 122 g/mol. The second kappa shape index (κ2) is 7.92. The Hall–Kier alpha value is -1.08. The van der Waals surface area contributed by atoms with Gasteiger partial charge in [0.1, 0.15) is 0 Å². The Labute approximate surface area is 62.2 Å². The first-order chi connectivity index (χ1) is 4.91. The van der Waals surface area contributed by atoms with Crippen LogP contribution in [0.2, 0.25) is 0 Å². The van der Waals surface area contributed by atoms with Crippen LogP contribution in [0.5, 0.6) is 0 Å². The van der Waals surface area contributed by atoms with Crippen LogP contribution in [-0.4, -0.2) is 6.54 Å². The predicted molar refractivity (Wildman–Crippen MR) is 46.7 cm³/mol. The van der Waals surface area contributed by atoms with Gasteiger partial charge in [0, 0.05) is 6.54 Å². The highest BCUT2D eigenvalue weighted by Crippen LogP contribution is 1.79. The summed E-state index contributed by atoms with van der Waals surface area (Å²) in [5, 5.41) is 0. The van der Waals surface area contributed by atoms with Gasteiger partial charge in [0.2, 0.25) is 0 Å². The molecule has 1 heteroatoms.